The number of carboxylic acids is 1. The van der Waals surface area contributed by atoms with Crippen LogP contribution in [0.2, 0.25) is 0 Å². The highest BCUT2D eigenvalue weighted by Crippen LogP contribution is 2.38. The lowest BCUT2D eigenvalue weighted by molar-refractivity contribution is 0.0157. The van der Waals surface area contributed by atoms with E-state index in [-0.39, 0.29) is 5.76 Å². The topological polar surface area (TPSA) is 63.3 Å². The molecule has 0 atom stereocenters. The Hall–Kier alpha value is -2.24. The minimum Gasteiger partial charge on any atom is -0.476 e. The Balaban J connectivity index is 2.67. The van der Waals surface area contributed by atoms with Gasteiger partial charge in [-0.15, -0.1) is 0 Å². The molecule has 94 valence electrons. The maximum atomic E-state index is 13.5. The lowest BCUT2D eigenvalue weighted by Gasteiger charge is -2.10. The first-order valence-corrected chi connectivity index (χ1v) is 5.08. The van der Waals surface area contributed by atoms with Crippen LogP contribution in [-0.2, 0) is 5.92 Å². The number of hydrogen-bond acceptors (Lipinski definition) is 3. The summed E-state index contributed by atoms with van der Waals surface area (Å²) in [5.41, 5.74) is -1.11. The van der Waals surface area contributed by atoms with Crippen molar-refractivity contribution in [3.63, 3.8) is 0 Å². The van der Waals surface area contributed by atoms with Crippen LogP contribution < -0.4 is 0 Å². The maximum Gasteiger partial charge on any atom is 0.358 e. The molecule has 0 bridgehead atoms. The van der Waals surface area contributed by atoms with E-state index in [0.29, 0.717) is 12.5 Å². The maximum absolute atomic E-state index is 13.5. The lowest BCUT2D eigenvalue weighted by Crippen LogP contribution is -2.13. The SMILES string of the molecule is CC(F)(F)c1c(C(=O)O)noc1-c1ccccc1. The number of carbonyl (C=O) groups is 1. The highest BCUT2D eigenvalue weighted by molar-refractivity contribution is 5.89. The summed E-state index contributed by atoms with van der Waals surface area (Å²) in [7, 11) is 0. The van der Waals surface area contributed by atoms with E-state index < -0.39 is 23.1 Å². The summed E-state index contributed by atoms with van der Waals surface area (Å²) >= 11 is 0. The van der Waals surface area contributed by atoms with Crippen molar-refractivity contribution in [3.05, 3.63) is 41.6 Å². The number of halogens is 2. The minimum atomic E-state index is -3.35. The molecule has 6 heteroatoms. The van der Waals surface area contributed by atoms with Gasteiger partial charge in [-0.25, -0.2) is 13.6 Å². The summed E-state index contributed by atoms with van der Waals surface area (Å²) in [6.07, 6.45) is 0. The Labute approximate surface area is 101 Å². The summed E-state index contributed by atoms with van der Waals surface area (Å²) in [6, 6.07) is 8.07. The molecule has 0 saturated carbocycles. The van der Waals surface area contributed by atoms with Crippen LogP contribution in [0.4, 0.5) is 8.78 Å². The van der Waals surface area contributed by atoms with Gasteiger partial charge >= 0.3 is 5.97 Å². The van der Waals surface area contributed by atoms with E-state index in [1.165, 1.54) is 0 Å². The zero-order valence-electron chi connectivity index (χ0n) is 9.35. The van der Waals surface area contributed by atoms with Crippen LogP contribution in [0.5, 0.6) is 0 Å². The quantitative estimate of drug-likeness (QED) is 0.912. The fraction of sp³-hybridized carbons (Fsp3) is 0.167. The Bertz CT molecular complexity index is 573. The minimum absolute atomic E-state index is 0.222. The standard InChI is InChI=1S/C12H9F2NO3/c1-12(13,14)8-9(11(16)17)15-18-10(8)7-5-3-2-4-6-7/h2-6H,1H3,(H,16,17). The number of benzene rings is 1. The zero-order valence-corrected chi connectivity index (χ0v) is 9.35. The Morgan fingerprint density at radius 3 is 2.44 bits per heavy atom. The van der Waals surface area contributed by atoms with Crippen LogP contribution in [-0.4, -0.2) is 16.2 Å². The van der Waals surface area contributed by atoms with Gasteiger partial charge in [-0.3, -0.25) is 0 Å². The van der Waals surface area contributed by atoms with Crippen LogP contribution in [0, 0.1) is 0 Å². The molecule has 18 heavy (non-hydrogen) atoms. The third kappa shape index (κ3) is 2.09. The molecule has 2 aromatic rings. The summed E-state index contributed by atoms with van der Waals surface area (Å²) < 4.78 is 31.7. The van der Waals surface area contributed by atoms with Gasteiger partial charge in [-0.2, -0.15) is 0 Å². The van der Waals surface area contributed by atoms with Crippen molar-refractivity contribution < 1.29 is 23.2 Å². The van der Waals surface area contributed by atoms with E-state index >= 15 is 0 Å². The van der Waals surface area contributed by atoms with Crippen LogP contribution in [0.15, 0.2) is 34.9 Å². The van der Waals surface area contributed by atoms with Crippen LogP contribution in [0.1, 0.15) is 23.0 Å². The molecule has 0 spiro atoms. The van der Waals surface area contributed by atoms with Gasteiger partial charge in [0, 0.05) is 12.5 Å². The van der Waals surface area contributed by atoms with E-state index in [1.54, 1.807) is 30.3 Å². The zero-order chi connectivity index (χ0) is 13.3. The normalized spacial score (nSPS) is 11.5. The highest BCUT2D eigenvalue weighted by Gasteiger charge is 2.38. The number of rotatable bonds is 3. The van der Waals surface area contributed by atoms with Gasteiger partial charge < -0.3 is 9.63 Å². The average molecular weight is 253 g/mol. The monoisotopic (exact) mass is 253 g/mol. The summed E-state index contributed by atoms with van der Waals surface area (Å²) in [6.45, 7) is 0.610. The molecule has 4 nitrogen and oxygen atoms in total. The van der Waals surface area contributed by atoms with Crippen LogP contribution in [0.25, 0.3) is 11.3 Å². The second kappa shape index (κ2) is 4.21. The predicted octanol–water partition coefficient (Wildman–Crippen LogP) is 3.15. The average Bonchev–Trinajstić information content (AvgIpc) is 2.74. The first-order valence-electron chi connectivity index (χ1n) is 5.08. The van der Waals surface area contributed by atoms with Crippen LogP contribution in [0.3, 0.4) is 0 Å². The molecule has 1 N–H and O–H groups in total. The highest BCUT2D eigenvalue weighted by atomic mass is 19.3. The largest absolute Gasteiger partial charge is 0.476 e. The predicted molar refractivity (Wildman–Crippen MR) is 58.5 cm³/mol. The van der Waals surface area contributed by atoms with E-state index in [9.17, 15) is 13.6 Å². The van der Waals surface area contributed by atoms with Gasteiger partial charge in [0.2, 0.25) is 5.69 Å². The summed E-state index contributed by atoms with van der Waals surface area (Å²) in [4.78, 5) is 10.9. The molecular formula is C12H9F2NO3. The van der Waals surface area contributed by atoms with Crippen LogP contribution >= 0.6 is 0 Å². The third-order valence-electron chi connectivity index (χ3n) is 2.37. The van der Waals surface area contributed by atoms with Crippen molar-refractivity contribution in [1.82, 2.24) is 5.16 Å². The summed E-state index contributed by atoms with van der Waals surface area (Å²) in [5.74, 6) is -5.11. The molecule has 0 aliphatic heterocycles. The van der Waals surface area contributed by atoms with E-state index in [4.69, 9.17) is 9.63 Å². The Morgan fingerprint density at radius 2 is 1.94 bits per heavy atom. The van der Waals surface area contributed by atoms with Crippen molar-refractivity contribution in [3.8, 4) is 11.3 Å². The molecule has 1 heterocycles. The molecule has 0 fully saturated rings. The van der Waals surface area contributed by atoms with Crippen molar-refractivity contribution in [1.29, 1.82) is 0 Å². The lowest BCUT2D eigenvalue weighted by atomic mass is 10.0. The Morgan fingerprint density at radius 1 is 1.33 bits per heavy atom. The molecule has 0 aliphatic rings. The van der Waals surface area contributed by atoms with Crippen molar-refractivity contribution in [2.24, 2.45) is 0 Å². The third-order valence-corrected chi connectivity index (χ3v) is 2.37. The molecule has 0 amide bonds. The van der Waals surface area contributed by atoms with Gasteiger partial charge in [0.05, 0.1) is 0 Å². The fourth-order valence-electron chi connectivity index (χ4n) is 1.63. The molecule has 2 rings (SSSR count). The number of aromatic carboxylic acids is 1. The molecule has 0 radical (unpaired) electrons. The van der Waals surface area contributed by atoms with Crippen molar-refractivity contribution in [2.45, 2.75) is 12.8 Å². The smallest absolute Gasteiger partial charge is 0.358 e. The number of aromatic nitrogens is 1. The van der Waals surface area contributed by atoms with Gasteiger partial charge in [0.25, 0.3) is 5.92 Å². The summed E-state index contributed by atoms with van der Waals surface area (Å²) in [5, 5.41) is 12.0. The molecule has 1 aromatic carbocycles. The molecule has 0 saturated heterocycles. The van der Waals surface area contributed by atoms with Gasteiger partial charge in [-0.05, 0) is 0 Å². The number of hydrogen-bond donors (Lipinski definition) is 1. The van der Waals surface area contributed by atoms with Crippen molar-refractivity contribution >= 4 is 5.97 Å². The first-order chi connectivity index (χ1) is 8.41. The molecule has 1 aromatic heterocycles. The molecule has 0 aliphatic carbocycles. The second-order valence-corrected chi connectivity index (χ2v) is 3.79. The van der Waals surface area contributed by atoms with E-state index in [2.05, 4.69) is 5.16 Å². The fourth-order valence-corrected chi connectivity index (χ4v) is 1.63. The van der Waals surface area contributed by atoms with Gasteiger partial charge in [0.1, 0.15) is 5.56 Å². The van der Waals surface area contributed by atoms with Gasteiger partial charge in [-0.1, -0.05) is 35.5 Å². The number of carboxylic acid groups (broad SMARTS) is 1. The molecule has 0 unspecified atom stereocenters. The van der Waals surface area contributed by atoms with Crippen molar-refractivity contribution in [2.75, 3.05) is 0 Å². The Kier molecular flexibility index (Phi) is 2.86. The van der Waals surface area contributed by atoms with E-state index in [0.717, 1.165) is 0 Å². The number of nitrogens with zero attached hydrogens (tertiary/aromatic N) is 1. The number of alkyl halides is 2. The second-order valence-electron chi connectivity index (χ2n) is 3.79. The molecular weight excluding hydrogens is 244 g/mol. The van der Waals surface area contributed by atoms with Gasteiger partial charge in [0.15, 0.2) is 5.76 Å². The first kappa shape index (κ1) is 12.2. The van der Waals surface area contributed by atoms with E-state index in [1.807, 2.05) is 0 Å².